The molecule has 4 N–H and O–H groups in total. The molecule has 37 heavy (non-hydrogen) atoms. The van der Waals surface area contributed by atoms with E-state index >= 15 is 0 Å². The normalized spacial score (nSPS) is 16.5. The maximum absolute atomic E-state index is 14.9. The van der Waals surface area contributed by atoms with E-state index in [4.69, 9.17) is 10.5 Å². The Labute approximate surface area is 216 Å². The second-order valence-electron chi connectivity index (χ2n) is 10.4. The first kappa shape index (κ1) is 25.2. The summed E-state index contributed by atoms with van der Waals surface area (Å²) >= 11 is 0.945. The average Bonchev–Trinajstić information content (AvgIpc) is 3.32. The van der Waals surface area contributed by atoms with Gasteiger partial charge in [-0.25, -0.2) is 13.8 Å². The van der Waals surface area contributed by atoms with Gasteiger partial charge >= 0.3 is 0 Å². The van der Waals surface area contributed by atoms with Crippen molar-refractivity contribution in [2.24, 2.45) is 11.1 Å². The number of ether oxygens (including phenoxy) is 1. The van der Waals surface area contributed by atoms with Crippen LogP contribution in [0.25, 0.3) is 10.4 Å². The third-order valence-corrected chi connectivity index (χ3v) is 7.61. The van der Waals surface area contributed by atoms with Crippen LogP contribution in [0.2, 0.25) is 0 Å². The number of fused-ring (bicyclic) bond motifs is 1. The molecule has 2 amide bonds. The number of pyridine rings is 1. The number of thiophene rings is 1. The maximum Gasteiger partial charge on any atom is 0.256 e. The summed E-state index contributed by atoms with van der Waals surface area (Å²) in [6.07, 6.45) is 0. The van der Waals surface area contributed by atoms with E-state index in [1.165, 1.54) is 19.9 Å². The number of carbonyl (C=O) groups is 2. The molecule has 0 radical (unpaired) electrons. The molecule has 2 aliphatic heterocycles. The summed E-state index contributed by atoms with van der Waals surface area (Å²) in [7, 11) is 0. The molecular formula is C26H26F2N4O4S. The van der Waals surface area contributed by atoms with E-state index in [1.807, 2.05) is 0 Å². The Morgan fingerprint density at radius 2 is 1.95 bits per heavy atom. The van der Waals surface area contributed by atoms with Gasteiger partial charge in [0, 0.05) is 16.8 Å². The number of primary amides is 1. The molecule has 0 saturated carbocycles. The number of hydrogen-bond donors (Lipinski definition) is 3. The van der Waals surface area contributed by atoms with E-state index in [-0.39, 0.29) is 37.9 Å². The summed E-state index contributed by atoms with van der Waals surface area (Å²) in [5.41, 5.74) is 4.95. The van der Waals surface area contributed by atoms with E-state index in [1.54, 1.807) is 17.0 Å². The lowest BCUT2D eigenvalue weighted by Crippen LogP contribution is -2.48. The van der Waals surface area contributed by atoms with Crippen molar-refractivity contribution in [1.29, 1.82) is 0 Å². The Morgan fingerprint density at radius 3 is 2.51 bits per heavy atom. The first-order chi connectivity index (χ1) is 17.3. The number of nitrogens with zero attached hydrogens (tertiary/aromatic N) is 2. The molecule has 11 heteroatoms. The fourth-order valence-corrected chi connectivity index (χ4v) is 5.63. The Bertz CT molecular complexity index is 1410. The highest BCUT2D eigenvalue weighted by atomic mass is 32.1. The maximum atomic E-state index is 14.9. The SMILES string of the molecule is CC1(CN2Cc3nc(Nc4sc(-c5c(F)cc(C(C)(C)O)cc5F)cc4C(N)=O)ccc3C2=O)COC1. The molecule has 2 aliphatic rings. The fraction of sp³-hybridized carbons (Fsp3) is 0.346. The zero-order valence-corrected chi connectivity index (χ0v) is 21.3. The molecule has 4 heterocycles. The van der Waals surface area contributed by atoms with Crippen molar-refractivity contribution in [2.45, 2.75) is 32.9 Å². The van der Waals surface area contributed by atoms with Crippen LogP contribution in [-0.2, 0) is 16.9 Å². The van der Waals surface area contributed by atoms with E-state index in [0.717, 1.165) is 23.5 Å². The summed E-state index contributed by atoms with van der Waals surface area (Å²) in [5.74, 6) is -2.27. The van der Waals surface area contributed by atoms with Crippen LogP contribution in [0.15, 0.2) is 30.3 Å². The van der Waals surface area contributed by atoms with Gasteiger partial charge in [-0.3, -0.25) is 9.59 Å². The van der Waals surface area contributed by atoms with Gasteiger partial charge in [0.15, 0.2) is 0 Å². The van der Waals surface area contributed by atoms with Gasteiger partial charge in [-0.15, -0.1) is 11.3 Å². The van der Waals surface area contributed by atoms with Crippen LogP contribution < -0.4 is 11.1 Å². The van der Waals surface area contributed by atoms with Crippen molar-refractivity contribution in [3.05, 3.63) is 64.4 Å². The van der Waals surface area contributed by atoms with E-state index in [2.05, 4.69) is 17.2 Å². The molecule has 1 saturated heterocycles. The van der Waals surface area contributed by atoms with Crippen molar-refractivity contribution in [3.63, 3.8) is 0 Å². The summed E-state index contributed by atoms with van der Waals surface area (Å²) < 4.78 is 35.1. The van der Waals surface area contributed by atoms with Crippen LogP contribution in [-0.4, -0.2) is 46.6 Å². The minimum atomic E-state index is -1.43. The molecule has 5 rings (SSSR count). The second kappa shape index (κ2) is 8.86. The van der Waals surface area contributed by atoms with Crippen molar-refractivity contribution in [1.82, 2.24) is 9.88 Å². The predicted octanol–water partition coefficient (Wildman–Crippen LogP) is 4.15. The standard InChI is InChI=1S/C26H26F2N4O4S/c1-25(2,35)13-6-16(27)21(17(28)7-13)19-8-15(22(29)33)23(37-19)31-20-5-4-14-18(30-20)9-32(24(14)34)10-26(3)11-36-12-26/h4-8,35H,9-12H2,1-3H3,(H2,29,33)(H,30,31). The van der Waals surface area contributed by atoms with Gasteiger partial charge in [0.25, 0.3) is 11.8 Å². The minimum absolute atomic E-state index is 0.0447. The summed E-state index contributed by atoms with van der Waals surface area (Å²) in [6.45, 7) is 7.04. The number of aromatic nitrogens is 1. The zero-order chi connectivity index (χ0) is 26.7. The molecule has 0 aliphatic carbocycles. The topological polar surface area (TPSA) is 118 Å². The largest absolute Gasteiger partial charge is 0.386 e. The number of nitrogens with one attached hydrogen (secondary N) is 1. The molecule has 1 fully saturated rings. The predicted molar refractivity (Wildman–Crippen MR) is 135 cm³/mol. The second-order valence-corrected chi connectivity index (χ2v) is 11.4. The highest BCUT2D eigenvalue weighted by Crippen LogP contribution is 2.40. The Kier molecular flexibility index (Phi) is 6.05. The molecule has 0 atom stereocenters. The summed E-state index contributed by atoms with van der Waals surface area (Å²) in [4.78, 5) is 31.4. The molecule has 2 aromatic heterocycles. The third kappa shape index (κ3) is 4.70. The van der Waals surface area contributed by atoms with E-state index in [9.17, 15) is 23.5 Å². The molecule has 0 unspecified atom stereocenters. The number of carbonyl (C=O) groups excluding carboxylic acids is 2. The Hall–Kier alpha value is -3.41. The molecule has 8 nitrogen and oxygen atoms in total. The van der Waals surface area contributed by atoms with Crippen LogP contribution in [0.1, 0.15) is 52.7 Å². The van der Waals surface area contributed by atoms with Crippen LogP contribution >= 0.6 is 11.3 Å². The summed E-state index contributed by atoms with van der Waals surface area (Å²) in [6, 6.07) is 6.73. The van der Waals surface area contributed by atoms with Gasteiger partial charge in [0.2, 0.25) is 0 Å². The lowest BCUT2D eigenvalue weighted by molar-refractivity contribution is -0.111. The van der Waals surface area contributed by atoms with Gasteiger partial charge in [-0.05, 0) is 49.7 Å². The number of aliphatic hydroxyl groups is 1. The zero-order valence-electron chi connectivity index (χ0n) is 20.5. The van der Waals surface area contributed by atoms with Crippen molar-refractivity contribution >= 4 is 34.0 Å². The van der Waals surface area contributed by atoms with E-state index < -0.39 is 23.1 Å². The third-order valence-electron chi connectivity index (χ3n) is 6.54. The first-order valence-corrected chi connectivity index (χ1v) is 12.5. The quantitative estimate of drug-likeness (QED) is 0.424. The molecule has 1 aromatic carbocycles. The Balaban J connectivity index is 1.43. The van der Waals surface area contributed by atoms with Crippen molar-refractivity contribution in [3.8, 4) is 10.4 Å². The van der Waals surface area contributed by atoms with Crippen LogP contribution in [0.3, 0.4) is 0 Å². The molecule has 194 valence electrons. The van der Waals surface area contributed by atoms with Gasteiger partial charge in [-0.1, -0.05) is 6.92 Å². The van der Waals surface area contributed by atoms with Crippen molar-refractivity contribution in [2.75, 3.05) is 25.1 Å². The van der Waals surface area contributed by atoms with Gasteiger partial charge < -0.3 is 25.8 Å². The number of halogens is 2. The molecule has 3 aromatic rings. The Morgan fingerprint density at radius 1 is 1.27 bits per heavy atom. The van der Waals surface area contributed by atoms with E-state index in [0.29, 0.717) is 43.4 Å². The smallest absolute Gasteiger partial charge is 0.256 e. The monoisotopic (exact) mass is 528 g/mol. The number of nitrogens with two attached hydrogens (primary N) is 1. The highest BCUT2D eigenvalue weighted by molar-refractivity contribution is 7.20. The van der Waals surface area contributed by atoms with Crippen LogP contribution in [0.5, 0.6) is 0 Å². The van der Waals surface area contributed by atoms with Crippen LogP contribution in [0.4, 0.5) is 19.6 Å². The number of benzene rings is 1. The average molecular weight is 529 g/mol. The lowest BCUT2D eigenvalue weighted by Gasteiger charge is -2.40. The number of hydrogen-bond acceptors (Lipinski definition) is 7. The summed E-state index contributed by atoms with van der Waals surface area (Å²) in [5, 5.41) is 13.4. The van der Waals surface area contributed by atoms with Gasteiger partial charge in [0.1, 0.15) is 22.5 Å². The highest BCUT2D eigenvalue weighted by Gasteiger charge is 2.39. The number of rotatable bonds is 7. The molecule has 0 spiro atoms. The fourth-order valence-electron chi connectivity index (χ4n) is 4.51. The minimum Gasteiger partial charge on any atom is -0.386 e. The van der Waals surface area contributed by atoms with Gasteiger partial charge in [-0.2, -0.15) is 0 Å². The first-order valence-electron chi connectivity index (χ1n) is 11.6. The number of amides is 2. The lowest BCUT2D eigenvalue weighted by atomic mass is 9.88. The van der Waals surface area contributed by atoms with Gasteiger partial charge in [0.05, 0.1) is 47.7 Å². The number of anilines is 2. The molecular weight excluding hydrogens is 502 g/mol. The van der Waals surface area contributed by atoms with Crippen molar-refractivity contribution < 1.29 is 28.2 Å². The molecule has 0 bridgehead atoms. The van der Waals surface area contributed by atoms with Crippen LogP contribution in [0, 0.1) is 17.0 Å².